The molecule has 0 saturated carbocycles. The van der Waals surface area contributed by atoms with Crippen molar-refractivity contribution in [2.75, 3.05) is 13.1 Å². The summed E-state index contributed by atoms with van der Waals surface area (Å²) in [6.45, 7) is 1.50. The number of carbonyl (C=O) groups is 3. The molecule has 182 valence electrons. The summed E-state index contributed by atoms with van der Waals surface area (Å²) in [7, 11) is 0. The van der Waals surface area contributed by atoms with E-state index in [0.717, 1.165) is 17.0 Å². The molecule has 3 rings (SSSR count). The number of nitrogens with zero attached hydrogens (tertiary/aromatic N) is 3. The van der Waals surface area contributed by atoms with E-state index in [2.05, 4.69) is 20.2 Å². The van der Waals surface area contributed by atoms with Crippen molar-refractivity contribution in [3.8, 4) is 0 Å². The number of aromatic nitrogens is 2. The van der Waals surface area contributed by atoms with Crippen LogP contribution in [0, 0.1) is 5.92 Å². The topological polar surface area (TPSA) is 118 Å². The SMILES string of the molecule is NC(=O)[C@@H](CC(=O)CNC(=O)CCN(Cc1ccccn1)Cc1ccccn1)Cc1ccccc1. The first-order valence-corrected chi connectivity index (χ1v) is 11.6. The number of nitrogens with one attached hydrogen (secondary N) is 1. The molecule has 0 fully saturated rings. The van der Waals surface area contributed by atoms with Crippen molar-refractivity contribution in [1.29, 1.82) is 0 Å². The molecule has 0 bridgehead atoms. The molecule has 8 nitrogen and oxygen atoms in total. The lowest BCUT2D eigenvalue weighted by molar-refractivity contribution is -0.128. The van der Waals surface area contributed by atoms with E-state index in [-0.39, 0.29) is 31.1 Å². The Morgan fingerprint density at radius 2 is 1.46 bits per heavy atom. The highest BCUT2D eigenvalue weighted by Gasteiger charge is 2.20. The lowest BCUT2D eigenvalue weighted by Crippen LogP contribution is -2.35. The molecule has 8 heteroatoms. The van der Waals surface area contributed by atoms with Crippen molar-refractivity contribution in [2.24, 2.45) is 11.7 Å². The summed E-state index contributed by atoms with van der Waals surface area (Å²) in [5.41, 5.74) is 8.24. The molecule has 0 spiro atoms. The zero-order chi connectivity index (χ0) is 24.9. The average molecular weight is 474 g/mol. The number of amides is 2. The standard InChI is InChI=1S/C27H31N5O3/c28-27(35)22(16-21-8-2-1-3-9-21)17-25(33)18-31-26(34)12-15-32(19-23-10-4-6-13-29-23)20-24-11-5-7-14-30-24/h1-11,13-14,22H,12,15-20H2,(H2,28,35)(H,31,34)/t22-/m1/s1. The molecule has 0 aliphatic rings. The van der Waals surface area contributed by atoms with Gasteiger partial charge in [-0.1, -0.05) is 42.5 Å². The van der Waals surface area contributed by atoms with E-state index in [1.165, 1.54) is 0 Å². The first-order valence-electron chi connectivity index (χ1n) is 11.6. The van der Waals surface area contributed by atoms with Crippen LogP contribution in [-0.4, -0.2) is 45.6 Å². The van der Waals surface area contributed by atoms with Crippen molar-refractivity contribution >= 4 is 17.6 Å². The molecule has 3 N–H and O–H groups in total. The normalized spacial score (nSPS) is 11.7. The molecule has 0 aliphatic heterocycles. The summed E-state index contributed by atoms with van der Waals surface area (Å²) < 4.78 is 0. The molecule has 3 aromatic rings. The summed E-state index contributed by atoms with van der Waals surface area (Å²) >= 11 is 0. The summed E-state index contributed by atoms with van der Waals surface area (Å²) in [5.74, 6) is -1.58. The van der Waals surface area contributed by atoms with Gasteiger partial charge in [-0.2, -0.15) is 0 Å². The van der Waals surface area contributed by atoms with Gasteiger partial charge in [0, 0.05) is 50.8 Å². The van der Waals surface area contributed by atoms with Gasteiger partial charge >= 0.3 is 0 Å². The molecule has 35 heavy (non-hydrogen) atoms. The van der Waals surface area contributed by atoms with E-state index in [1.807, 2.05) is 66.7 Å². The lowest BCUT2D eigenvalue weighted by Gasteiger charge is -2.21. The minimum atomic E-state index is -0.603. The Hall–Kier alpha value is -3.91. The van der Waals surface area contributed by atoms with E-state index in [1.54, 1.807) is 12.4 Å². The second kappa shape index (κ2) is 13.7. The number of Topliss-reactive ketones (excluding diaryl/α,β-unsaturated/α-hetero) is 1. The van der Waals surface area contributed by atoms with Gasteiger partial charge in [-0.25, -0.2) is 0 Å². The second-order valence-corrected chi connectivity index (χ2v) is 8.41. The zero-order valence-corrected chi connectivity index (χ0v) is 19.7. The van der Waals surface area contributed by atoms with E-state index in [4.69, 9.17) is 5.73 Å². The van der Waals surface area contributed by atoms with Gasteiger partial charge in [-0.3, -0.25) is 29.3 Å². The van der Waals surface area contributed by atoms with Crippen LogP contribution in [0.4, 0.5) is 0 Å². The number of primary amides is 1. The van der Waals surface area contributed by atoms with Crippen LogP contribution in [0.5, 0.6) is 0 Å². The summed E-state index contributed by atoms with van der Waals surface area (Å²) in [6.07, 6.45) is 4.09. The average Bonchev–Trinajstić information content (AvgIpc) is 2.87. The van der Waals surface area contributed by atoms with Gasteiger partial charge in [0.2, 0.25) is 11.8 Å². The Morgan fingerprint density at radius 3 is 2.00 bits per heavy atom. The summed E-state index contributed by atoms with van der Waals surface area (Å²) in [5, 5.41) is 2.68. The van der Waals surface area contributed by atoms with E-state index in [9.17, 15) is 14.4 Å². The fraction of sp³-hybridized carbons (Fsp3) is 0.296. The van der Waals surface area contributed by atoms with Gasteiger partial charge < -0.3 is 11.1 Å². The van der Waals surface area contributed by atoms with Crippen molar-refractivity contribution in [2.45, 2.75) is 32.4 Å². The minimum Gasteiger partial charge on any atom is -0.369 e. The van der Waals surface area contributed by atoms with Crippen molar-refractivity contribution in [3.63, 3.8) is 0 Å². The summed E-state index contributed by atoms with van der Waals surface area (Å²) in [4.78, 5) is 47.5. The number of hydrogen-bond acceptors (Lipinski definition) is 6. The zero-order valence-electron chi connectivity index (χ0n) is 19.7. The number of rotatable bonds is 14. The second-order valence-electron chi connectivity index (χ2n) is 8.41. The maximum Gasteiger partial charge on any atom is 0.221 e. The van der Waals surface area contributed by atoms with Crippen LogP contribution in [0.2, 0.25) is 0 Å². The highest BCUT2D eigenvalue weighted by Crippen LogP contribution is 2.13. The predicted octanol–water partition coefficient (Wildman–Crippen LogP) is 2.29. The molecule has 2 heterocycles. The van der Waals surface area contributed by atoms with Gasteiger partial charge in [-0.05, 0) is 36.2 Å². The minimum absolute atomic E-state index is 0.00398. The number of nitrogens with two attached hydrogens (primary N) is 1. The molecule has 1 aromatic carbocycles. The van der Waals surface area contributed by atoms with Crippen LogP contribution in [0.3, 0.4) is 0 Å². The first-order chi connectivity index (χ1) is 17.0. The molecule has 2 amide bonds. The Balaban J connectivity index is 1.48. The highest BCUT2D eigenvalue weighted by molar-refractivity contribution is 5.89. The van der Waals surface area contributed by atoms with E-state index >= 15 is 0 Å². The molecule has 2 aromatic heterocycles. The Kier molecular flexibility index (Phi) is 10.1. The summed E-state index contributed by atoms with van der Waals surface area (Å²) in [6, 6.07) is 20.9. The number of hydrogen-bond donors (Lipinski definition) is 2. The molecule has 0 saturated heterocycles. The molecule has 0 aliphatic carbocycles. The van der Waals surface area contributed by atoms with Gasteiger partial charge in [-0.15, -0.1) is 0 Å². The first kappa shape index (κ1) is 25.7. The quantitative estimate of drug-likeness (QED) is 0.371. The van der Waals surface area contributed by atoms with Crippen LogP contribution >= 0.6 is 0 Å². The highest BCUT2D eigenvalue weighted by atomic mass is 16.2. The van der Waals surface area contributed by atoms with E-state index in [0.29, 0.717) is 26.1 Å². The van der Waals surface area contributed by atoms with E-state index < -0.39 is 11.8 Å². The van der Waals surface area contributed by atoms with Crippen molar-refractivity contribution in [3.05, 3.63) is 96.1 Å². The number of benzene rings is 1. The maximum absolute atomic E-state index is 12.5. The number of ketones is 1. The molecule has 0 radical (unpaired) electrons. The van der Waals surface area contributed by atoms with Gasteiger partial charge in [0.1, 0.15) is 0 Å². The Labute approximate surface area is 205 Å². The maximum atomic E-state index is 12.5. The predicted molar refractivity (Wildman–Crippen MR) is 133 cm³/mol. The smallest absolute Gasteiger partial charge is 0.221 e. The largest absolute Gasteiger partial charge is 0.369 e. The van der Waals surface area contributed by atoms with Crippen molar-refractivity contribution in [1.82, 2.24) is 20.2 Å². The molecule has 1 atom stereocenters. The van der Waals surface area contributed by atoms with Crippen LogP contribution in [0.25, 0.3) is 0 Å². The monoisotopic (exact) mass is 473 g/mol. The van der Waals surface area contributed by atoms with Gasteiger partial charge in [0.25, 0.3) is 0 Å². The van der Waals surface area contributed by atoms with Crippen LogP contribution < -0.4 is 11.1 Å². The third kappa shape index (κ3) is 9.46. The Morgan fingerprint density at radius 1 is 0.857 bits per heavy atom. The third-order valence-corrected chi connectivity index (χ3v) is 5.56. The van der Waals surface area contributed by atoms with Crippen LogP contribution in [0.15, 0.2) is 79.1 Å². The Bertz CT molecular complexity index is 1040. The van der Waals surface area contributed by atoms with Crippen molar-refractivity contribution < 1.29 is 14.4 Å². The van der Waals surface area contributed by atoms with Crippen LogP contribution in [-0.2, 0) is 33.9 Å². The van der Waals surface area contributed by atoms with Gasteiger partial charge in [0.15, 0.2) is 5.78 Å². The number of pyridine rings is 2. The molecular weight excluding hydrogens is 442 g/mol. The molecular formula is C27H31N5O3. The number of carbonyl (C=O) groups excluding carboxylic acids is 3. The van der Waals surface area contributed by atoms with Gasteiger partial charge in [0.05, 0.1) is 17.9 Å². The molecule has 0 unspecified atom stereocenters. The third-order valence-electron chi connectivity index (χ3n) is 5.56. The fourth-order valence-corrected chi connectivity index (χ4v) is 3.72. The van der Waals surface area contributed by atoms with Crippen LogP contribution in [0.1, 0.15) is 29.8 Å². The fourth-order valence-electron chi connectivity index (χ4n) is 3.72. The lowest BCUT2D eigenvalue weighted by atomic mass is 9.93.